The molecule has 1 aromatic carbocycles. The molecule has 1 aliphatic heterocycles. The summed E-state index contributed by atoms with van der Waals surface area (Å²) in [6, 6.07) is 5.84. The summed E-state index contributed by atoms with van der Waals surface area (Å²) in [5.74, 6) is 0.873. The van der Waals surface area contributed by atoms with Gasteiger partial charge in [-0.2, -0.15) is 0 Å². The molecular formula is C13H20Cl2N2O. The highest BCUT2D eigenvalue weighted by Crippen LogP contribution is 2.23. The normalized spacial score (nSPS) is 16.8. The standard InChI is InChI=1S/C13H19ClN2O.ClH/c1-17-12-3-4-13(14)11(9-12)10-16-7-2-5-15-6-8-16;/h3-4,9,15H,2,5-8,10H2,1H3;1H. The summed E-state index contributed by atoms with van der Waals surface area (Å²) in [6.07, 6.45) is 1.20. The smallest absolute Gasteiger partial charge is 0.119 e. The van der Waals surface area contributed by atoms with Crippen LogP contribution in [0.3, 0.4) is 0 Å². The molecule has 1 N–H and O–H groups in total. The zero-order chi connectivity index (χ0) is 12.1. The van der Waals surface area contributed by atoms with Gasteiger partial charge < -0.3 is 10.1 Å². The summed E-state index contributed by atoms with van der Waals surface area (Å²) >= 11 is 6.22. The maximum atomic E-state index is 6.22. The van der Waals surface area contributed by atoms with Gasteiger partial charge in [-0.25, -0.2) is 0 Å². The Labute approximate surface area is 120 Å². The molecule has 0 radical (unpaired) electrons. The fraction of sp³-hybridized carbons (Fsp3) is 0.538. The van der Waals surface area contributed by atoms with E-state index < -0.39 is 0 Å². The van der Waals surface area contributed by atoms with E-state index in [1.807, 2.05) is 18.2 Å². The van der Waals surface area contributed by atoms with Crippen LogP contribution in [0.1, 0.15) is 12.0 Å². The number of benzene rings is 1. The average Bonchev–Trinajstić information content (AvgIpc) is 2.60. The molecule has 0 spiro atoms. The molecule has 5 heteroatoms. The predicted molar refractivity (Wildman–Crippen MR) is 78.0 cm³/mol. The van der Waals surface area contributed by atoms with Gasteiger partial charge in [0.25, 0.3) is 0 Å². The Kier molecular flexibility index (Phi) is 6.79. The molecule has 0 saturated carbocycles. The van der Waals surface area contributed by atoms with Crippen LogP contribution in [0.2, 0.25) is 5.02 Å². The van der Waals surface area contributed by atoms with Gasteiger partial charge >= 0.3 is 0 Å². The van der Waals surface area contributed by atoms with Gasteiger partial charge in [0.05, 0.1) is 7.11 Å². The van der Waals surface area contributed by atoms with Gasteiger partial charge in [0.1, 0.15) is 5.75 Å². The molecule has 1 fully saturated rings. The van der Waals surface area contributed by atoms with Crippen molar-refractivity contribution in [2.75, 3.05) is 33.3 Å². The first-order valence-corrected chi connectivity index (χ1v) is 6.43. The molecule has 0 unspecified atom stereocenters. The van der Waals surface area contributed by atoms with E-state index in [0.29, 0.717) is 0 Å². The summed E-state index contributed by atoms with van der Waals surface area (Å²) < 4.78 is 5.23. The number of nitrogens with one attached hydrogen (secondary N) is 1. The van der Waals surface area contributed by atoms with E-state index in [1.54, 1.807) is 7.11 Å². The molecule has 102 valence electrons. The van der Waals surface area contributed by atoms with Crippen molar-refractivity contribution >= 4 is 24.0 Å². The number of methoxy groups -OCH3 is 1. The highest BCUT2D eigenvalue weighted by atomic mass is 35.5. The zero-order valence-corrected chi connectivity index (χ0v) is 12.2. The second-order valence-electron chi connectivity index (χ2n) is 4.34. The fourth-order valence-electron chi connectivity index (χ4n) is 2.10. The molecule has 2 rings (SSSR count). The molecule has 1 aliphatic rings. The third kappa shape index (κ3) is 4.32. The van der Waals surface area contributed by atoms with Gasteiger partial charge in [0.2, 0.25) is 0 Å². The lowest BCUT2D eigenvalue weighted by molar-refractivity contribution is 0.284. The second-order valence-corrected chi connectivity index (χ2v) is 4.74. The molecule has 0 aliphatic carbocycles. The largest absolute Gasteiger partial charge is 0.497 e. The highest BCUT2D eigenvalue weighted by molar-refractivity contribution is 6.31. The van der Waals surface area contributed by atoms with Crippen molar-refractivity contribution in [3.8, 4) is 5.75 Å². The molecule has 1 saturated heterocycles. The Morgan fingerprint density at radius 1 is 1.33 bits per heavy atom. The van der Waals surface area contributed by atoms with Crippen molar-refractivity contribution in [2.45, 2.75) is 13.0 Å². The van der Waals surface area contributed by atoms with Crippen molar-refractivity contribution in [1.82, 2.24) is 10.2 Å². The van der Waals surface area contributed by atoms with Crippen LogP contribution in [0.15, 0.2) is 18.2 Å². The maximum absolute atomic E-state index is 6.22. The van der Waals surface area contributed by atoms with Crippen LogP contribution in [0.5, 0.6) is 5.75 Å². The number of ether oxygens (including phenoxy) is 1. The van der Waals surface area contributed by atoms with Gasteiger partial charge in [0.15, 0.2) is 0 Å². The van der Waals surface area contributed by atoms with Crippen molar-refractivity contribution in [1.29, 1.82) is 0 Å². The van der Waals surface area contributed by atoms with E-state index in [2.05, 4.69) is 10.2 Å². The molecule has 3 nitrogen and oxygen atoms in total. The number of hydrogen-bond acceptors (Lipinski definition) is 3. The van der Waals surface area contributed by atoms with Crippen LogP contribution in [-0.4, -0.2) is 38.2 Å². The number of halogens is 2. The monoisotopic (exact) mass is 290 g/mol. The van der Waals surface area contributed by atoms with E-state index in [9.17, 15) is 0 Å². The van der Waals surface area contributed by atoms with Crippen molar-refractivity contribution in [3.63, 3.8) is 0 Å². The van der Waals surface area contributed by atoms with Crippen LogP contribution < -0.4 is 10.1 Å². The zero-order valence-electron chi connectivity index (χ0n) is 10.6. The fourth-order valence-corrected chi connectivity index (χ4v) is 2.28. The van der Waals surface area contributed by atoms with Gasteiger partial charge in [-0.05, 0) is 43.3 Å². The van der Waals surface area contributed by atoms with Crippen LogP contribution in [0.4, 0.5) is 0 Å². The van der Waals surface area contributed by atoms with Gasteiger partial charge in [-0.1, -0.05) is 11.6 Å². The maximum Gasteiger partial charge on any atom is 0.119 e. The Hall–Kier alpha value is -0.480. The Morgan fingerprint density at radius 3 is 2.94 bits per heavy atom. The van der Waals surface area contributed by atoms with E-state index in [-0.39, 0.29) is 12.4 Å². The first kappa shape index (κ1) is 15.6. The topological polar surface area (TPSA) is 24.5 Å². The quantitative estimate of drug-likeness (QED) is 0.926. The summed E-state index contributed by atoms with van der Waals surface area (Å²) in [6.45, 7) is 5.27. The molecule has 1 heterocycles. The van der Waals surface area contributed by atoms with Crippen molar-refractivity contribution in [3.05, 3.63) is 28.8 Å². The molecule has 0 atom stereocenters. The van der Waals surface area contributed by atoms with Gasteiger partial charge in [-0.15, -0.1) is 12.4 Å². The molecule has 1 aromatic rings. The lowest BCUT2D eigenvalue weighted by Crippen LogP contribution is -2.27. The Balaban J connectivity index is 0.00000162. The van der Waals surface area contributed by atoms with Crippen LogP contribution in [0.25, 0.3) is 0 Å². The minimum Gasteiger partial charge on any atom is -0.497 e. The summed E-state index contributed by atoms with van der Waals surface area (Å²) in [7, 11) is 1.68. The minimum atomic E-state index is 0. The molecular weight excluding hydrogens is 271 g/mol. The van der Waals surface area contributed by atoms with Gasteiger partial charge in [0, 0.05) is 24.7 Å². The predicted octanol–water partition coefficient (Wildman–Crippen LogP) is 2.57. The first-order chi connectivity index (χ1) is 8.29. The third-order valence-electron chi connectivity index (χ3n) is 3.08. The Morgan fingerprint density at radius 2 is 2.17 bits per heavy atom. The molecule has 0 bridgehead atoms. The summed E-state index contributed by atoms with van der Waals surface area (Å²) in [4.78, 5) is 2.43. The van der Waals surface area contributed by atoms with E-state index in [0.717, 1.165) is 49.1 Å². The van der Waals surface area contributed by atoms with E-state index in [4.69, 9.17) is 16.3 Å². The highest BCUT2D eigenvalue weighted by Gasteiger charge is 2.11. The molecule has 0 aromatic heterocycles. The van der Waals surface area contributed by atoms with E-state index in [1.165, 1.54) is 6.42 Å². The average molecular weight is 291 g/mol. The summed E-state index contributed by atoms with van der Waals surface area (Å²) in [5.41, 5.74) is 1.15. The summed E-state index contributed by atoms with van der Waals surface area (Å²) in [5, 5.41) is 4.22. The van der Waals surface area contributed by atoms with Crippen LogP contribution in [0, 0.1) is 0 Å². The Bertz CT molecular complexity index is 366. The van der Waals surface area contributed by atoms with Crippen molar-refractivity contribution in [2.24, 2.45) is 0 Å². The lowest BCUT2D eigenvalue weighted by atomic mass is 10.2. The SMILES string of the molecule is COc1ccc(Cl)c(CN2CCCNCC2)c1.Cl. The number of nitrogens with zero attached hydrogens (tertiary/aromatic N) is 1. The third-order valence-corrected chi connectivity index (χ3v) is 3.45. The lowest BCUT2D eigenvalue weighted by Gasteiger charge is -2.20. The minimum absolute atomic E-state index is 0. The second kappa shape index (κ2) is 7.85. The molecule has 18 heavy (non-hydrogen) atoms. The van der Waals surface area contributed by atoms with Crippen LogP contribution >= 0.6 is 24.0 Å². The van der Waals surface area contributed by atoms with Crippen molar-refractivity contribution < 1.29 is 4.74 Å². The molecule has 0 amide bonds. The van der Waals surface area contributed by atoms with Gasteiger partial charge in [-0.3, -0.25) is 4.90 Å². The number of hydrogen-bond donors (Lipinski definition) is 1. The van der Waals surface area contributed by atoms with E-state index >= 15 is 0 Å². The number of rotatable bonds is 3. The first-order valence-electron chi connectivity index (χ1n) is 6.05. The van der Waals surface area contributed by atoms with Crippen LogP contribution in [-0.2, 0) is 6.54 Å².